The molecule has 110 valence electrons. The van der Waals surface area contributed by atoms with E-state index in [1.54, 1.807) is 29.3 Å². The minimum atomic E-state index is 0.0218. The fraction of sp³-hybridized carbons (Fsp3) is 0.429. The second kappa shape index (κ2) is 5.61. The molecule has 0 radical (unpaired) electrons. The van der Waals surface area contributed by atoms with Crippen molar-refractivity contribution in [3.63, 3.8) is 0 Å². The highest BCUT2D eigenvalue weighted by atomic mass is 16.2. The Labute approximate surface area is 123 Å². The molecular weight excluding hydrogens is 268 g/mol. The molecule has 1 fully saturated rings. The van der Waals surface area contributed by atoms with E-state index in [2.05, 4.69) is 34.2 Å². The number of hydrogen-bond donors (Lipinski definition) is 1. The van der Waals surface area contributed by atoms with E-state index in [1.165, 1.54) is 6.33 Å². The Morgan fingerprint density at radius 3 is 2.90 bits per heavy atom. The Hall–Kier alpha value is -2.28. The molecule has 0 bridgehead atoms. The van der Waals surface area contributed by atoms with Gasteiger partial charge in [-0.05, 0) is 26.0 Å². The number of nitrogens with one attached hydrogen (secondary N) is 1. The molecule has 0 spiro atoms. The molecule has 2 unspecified atom stereocenters. The lowest BCUT2D eigenvalue weighted by Crippen LogP contribution is -2.57. The monoisotopic (exact) mass is 286 g/mol. The summed E-state index contributed by atoms with van der Waals surface area (Å²) in [6, 6.07) is 4.02. The van der Waals surface area contributed by atoms with E-state index >= 15 is 0 Å². The Morgan fingerprint density at radius 1 is 1.38 bits per heavy atom. The fourth-order valence-electron chi connectivity index (χ4n) is 2.48. The molecule has 1 N–H and O–H groups in total. The quantitative estimate of drug-likeness (QED) is 0.869. The summed E-state index contributed by atoms with van der Waals surface area (Å²) < 4.78 is 1.56. The van der Waals surface area contributed by atoms with Gasteiger partial charge in [-0.15, -0.1) is 0 Å². The van der Waals surface area contributed by atoms with Gasteiger partial charge >= 0.3 is 0 Å². The zero-order chi connectivity index (χ0) is 14.8. The Balaban J connectivity index is 1.79. The maximum atomic E-state index is 12.6. The minimum absolute atomic E-state index is 0.0218. The lowest BCUT2D eigenvalue weighted by Gasteiger charge is -2.38. The van der Waals surface area contributed by atoms with Crippen molar-refractivity contribution in [1.29, 1.82) is 0 Å². The van der Waals surface area contributed by atoms with Gasteiger partial charge in [0, 0.05) is 31.4 Å². The summed E-state index contributed by atoms with van der Waals surface area (Å²) in [7, 11) is 0. The van der Waals surface area contributed by atoms with E-state index in [1.807, 2.05) is 4.90 Å². The van der Waals surface area contributed by atoms with Crippen molar-refractivity contribution in [3.8, 4) is 5.82 Å². The number of amides is 1. The summed E-state index contributed by atoms with van der Waals surface area (Å²) in [4.78, 5) is 22.6. The summed E-state index contributed by atoms with van der Waals surface area (Å²) in [5.41, 5.74) is 0.597. The minimum Gasteiger partial charge on any atom is -0.333 e. The van der Waals surface area contributed by atoms with Crippen molar-refractivity contribution in [2.24, 2.45) is 0 Å². The van der Waals surface area contributed by atoms with Gasteiger partial charge in [-0.3, -0.25) is 4.79 Å². The molecule has 3 heterocycles. The lowest BCUT2D eigenvalue weighted by atomic mass is 10.1. The van der Waals surface area contributed by atoms with Gasteiger partial charge in [0.1, 0.15) is 12.7 Å². The zero-order valence-corrected chi connectivity index (χ0v) is 12.1. The highest BCUT2D eigenvalue weighted by Crippen LogP contribution is 2.14. The van der Waals surface area contributed by atoms with Crippen LogP contribution in [0.25, 0.3) is 5.82 Å². The van der Waals surface area contributed by atoms with Gasteiger partial charge < -0.3 is 10.2 Å². The van der Waals surface area contributed by atoms with E-state index in [4.69, 9.17) is 0 Å². The van der Waals surface area contributed by atoms with Crippen molar-refractivity contribution in [2.45, 2.75) is 25.9 Å². The first-order chi connectivity index (χ1) is 10.2. The molecule has 1 aliphatic heterocycles. The van der Waals surface area contributed by atoms with Gasteiger partial charge in [-0.25, -0.2) is 14.6 Å². The van der Waals surface area contributed by atoms with Crippen LogP contribution in [0.1, 0.15) is 24.2 Å². The summed E-state index contributed by atoms with van der Waals surface area (Å²) in [6.07, 6.45) is 4.62. The van der Waals surface area contributed by atoms with Crippen molar-refractivity contribution in [3.05, 3.63) is 36.5 Å². The van der Waals surface area contributed by atoms with E-state index < -0.39 is 0 Å². The fourth-order valence-corrected chi connectivity index (χ4v) is 2.48. The van der Waals surface area contributed by atoms with Crippen molar-refractivity contribution >= 4 is 5.91 Å². The second-order valence-electron chi connectivity index (χ2n) is 5.23. The standard InChI is InChI=1S/C14H18N6O/c1-10-11(2)19(6-5-16-10)14(21)12-3-4-13(17-7-12)20-9-15-8-18-20/h3-4,7-11,16H,5-6H2,1-2H3. The van der Waals surface area contributed by atoms with Crippen LogP contribution < -0.4 is 5.32 Å². The SMILES string of the molecule is CC1NCCN(C(=O)c2ccc(-n3cncn3)nc2)C1C. The van der Waals surface area contributed by atoms with Gasteiger partial charge in [-0.1, -0.05) is 0 Å². The van der Waals surface area contributed by atoms with Crippen LogP contribution in [0.3, 0.4) is 0 Å². The Kier molecular flexibility index (Phi) is 3.66. The molecule has 7 heteroatoms. The third-order valence-corrected chi connectivity index (χ3v) is 3.94. The molecule has 2 aromatic rings. The van der Waals surface area contributed by atoms with Crippen LogP contribution >= 0.6 is 0 Å². The van der Waals surface area contributed by atoms with E-state index in [-0.39, 0.29) is 11.9 Å². The van der Waals surface area contributed by atoms with Gasteiger partial charge in [0.15, 0.2) is 5.82 Å². The maximum absolute atomic E-state index is 12.6. The molecule has 2 atom stereocenters. The summed E-state index contributed by atoms with van der Waals surface area (Å²) in [6.45, 7) is 5.69. The Bertz CT molecular complexity index is 609. The van der Waals surface area contributed by atoms with Crippen LogP contribution in [0, 0.1) is 0 Å². The van der Waals surface area contributed by atoms with Gasteiger partial charge in [0.25, 0.3) is 5.91 Å². The highest BCUT2D eigenvalue weighted by molar-refractivity contribution is 5.94. The molecule has 1 aliphatic rings. The first-order valence-corrected chi connectivity index (χ1v) is 7.02. The van der Waals surface area contributed by atoms with E-state index in [0.717, 1.165) is 13.1 Å². The van der Waals surface area contributed by atoms with E-state index in [9.17, 15) is 4.79 Å². The molecule has 7 nitrogen and oxygen atoms in total. The average Bonchev–Trinajstić information content (AvgIpc) is 3.04. The number of aromatic nitrogens is 4. The number of nitrogens with zero attached hydrogens (tertiary/aromatic N) is 5. The summed E-state index contributed by atoms with van der Waals surface area (Å²) in [5, 5.41) is 7.38. The van der Waals surface area contributed by atoms with Crippen molar-refractivity contribution in [1.82, 2.24) is 30.0 Å². The predicted molar refractivity (Wildman–Crippen MR) is 77.1 cm³/mol. The average molecular weight is 286 g/mol. The summed E-state index contributed by atoms with van der Waals surface area (Å²) >= 11 is 0. The molecule has 1 saturated heterocycles. The molecular formula is C14H18N6O. The number of piperazine rings is 1. The normalized spacial score (nSPS) is 22.3. The number of hydrogen-bond acceptors (Lipinski definition) is 5. The summed E-state index contributed by atoms with van der Waals surface area (Å²) in [5.74, 6) is 0.666. The van der Waals surface area contributed by atoms with E-state index in [0.29, 0.717) is 17.4 Å². The van der Waals surface area contributed by atoms with Gasteiger partial charge in [0.2, 0.25) is 0 Å². The smallest absolute Gasteiger partial charge is 0.255 e. The van der Waals surface area contributed by atoms with Crippen molar-refractivity contribution in [2.75, 3.05) is 13.1 Å². The van der Waals surface area contributed by atoms with Crippen LogP contribution in [0.5, 0.6) is 0 Å². The van der Waals surface area contributed by atoms with Crippen LogP contribution in [-0.4, -0.2) is 55.7 Å². The molecule has 0 aliphatic carbocycles. The topological polar surface area (TPSA) is 75.9 Å². The number of carbonyl (C=O) groups is 1. The maximum Gasteiger partial charge on any atom is 0.255 e. The molecule has 0 aromatic carbocycles. The van der Waals surface area contributed by atoms with Crippen LogP contribution in [-0.2, 0) is 0 Å². The zero-order valence-electron chi connectivity index (χ0n) is 12.1. The second-order valence-corrected chi connectivity index (χ2v) is 5.23. The molecule has 2 aromatic heterocycles. The largest absolute Gasteiger partial charge is 0.333 e. The molecule has 0 saturated carbocycles. The van der Waals surface area contributed by atoms with Crippen LogP contribution in [0.4, 0.5) is 0 Å². The Morgan fingerprint density at radius 2 is 2.24 bits per heavy atom. The third kappa shape index (κ3) is 2.64. The van der Waals surface area contributed by atoms with Crippen LogP contribution in [0.15, 0.2) is 31.0 Å². The lowest BCUT2D eigenvalue weighted by molar-refractivity contribution is 0.0602. The number of carbonyl (C=O) groups excluding carboxylic acids is 1. The number of rotatable bonds is 2. The highest BCUT2D eigenvalue weighted by Gasteiger charge is 2.28. The van der Waals surface area contributed by atoms with Gasteiger partial charge in [0.05, 0.1) is 5.56 Å². The van der Waals surface area contributed by atoms with Crippen LogP contribution in [0.2, 0.25) is 0 Å². The third-order valence-electron chi connectivity index (χ3n) is 3.94. The predicted octanol–water partition coefficient (Wildman–Crippen LogP) is 0.485. The molecule has 21 heavy (non-hydrogen) atoms. The van der Waals surface area contributed by atoms with Gasteiger partial charge in [-0.2, -0.15) is 5.10 Å². The van der Waals surface area contributed by atoms with Crippen molar-refractivity contribution < 1.29 is 4.79 Å². The number of pyridine rings is 1. The molecule has 1 amide bonds. The molecule has 3 rings (SSSR count). The first-order valence-electron chi connectivity index (χ1n) is 7.02. The first kappa shape index (κ1) is 13.7.